The Bertz CT molecular complexity index is 1060. The van der Waals surface area contributed by atoms with Crippen LogP contribution >= 0.6 is 11.8 Å². The van der Waals surface area contributed by atoms with Gasteiger partial charge in [0.2, 0.25) is 0 Å². The number of hydrogen-bond donors (Lipinski definition) is 0. The van der Waals surface area contributed by atoms with Crippen molar-refractivity contribution in [2.24, 2.45) is 7.05 Å². The fourth-order valence-electron chi connectivity index (χ4n) is 3.07. The lowest BCUT2D eigenvalue weighted by atomic mass is 10.1. The second kappa shape index (κ2) is 8.31. The summed E-state index contributed by atoms with van der Waals surface area (Å²) in [6, 6.07) is 14.1. The summed E-state index contributed by atoms with van der Waals surface area (Å²) in [6.45, 7) is 2.91. The first-order valence-corrected chi connectivity index (χ1v) is 10.0. The number of aryl methyl sites for hydroxylation is 2. The molecule has 0 amide bonds. The zero-order valence-corrected chi connectivity index (χ0v) is 16.6. The number of allylic oxidation sites excluding steroid dienone is 1. The lowest BCUT2D eigenvalue weighted by molar-refractivity contribution is 0.557. The summed E-state index contributed by atoms with van der Waals surface area (Å²) < 4.78 is 9.63. The largest absolute Gasteiger partial charge is 0.465 e. The van der Waals surface area contributed by atoms with Crippen LogP contribution in [0.15, 0.2) is 71.0 Å². The number of imidazole rings is 1. The van der Waals surface area contributed by atoms with Gasteiger partial charge in [-0.3, -0.25) is 0 Å². The van der Waals surface area contributed by atoms with E-state index in [0.29, 0.717) is 0 Å². The first kappa shape index (κ1) is 18.3. The number of hydrogen-bond acceptors (Lipinski definition) is 5. The smallest absolute Gasteiger partial charge is 0.190 e. The molecule has 3 heterocycles. The monoisotopic (exact) mass is 391 g/mol. The van der Waals surface area contributed by atoms with E-state index >= 15 is 0 Å². The highest BCUT2D eigenvalue weighted by Crippen LogP contribution is 2.29. The Kier molecular flexibility index (Phi) is 5.43. The summed E-state index contributed by atoms with van der Waals surface area (Å²) in [5.74, 6) is 1.70. The first-order valence-electron chi connectivity index (χ1n) is 9.02. The number of rotatable bonds is 7. The van der Waals surface area contributed by atoms with Crippen LogP contribution < -0.4 is 0 Å². The van der Waals surface area contributed by atoms with Crippen LogP contribution in [0.1, 0.15) is 18.4 Å². The van der Waals surface area contributed by atoms with Crippen molar-refractivity contribution in [2.45, 2.75) is 18.6 Å². The van der Waals surface area contributed by atoms with Crippen LogP contribution in [0, 0.1) is 0 Å². The summed E-state index contributed by atoms with van der Waals surface area (Å²) in [5, 5.41) is 8.98. The minimum atomic E-state index is 0.816. The van der Waals surface area contributed by atoms with E-state index in [4.69, 9.17) is 9.40 Å². The van der Waals surface area contributed by atoms with Crippen LogP contribution in [0.2, 0.25) is 0 Å². The maximum absolute atomic E-state index is 5.50. The van der Waals surface area contributed by atoms with Gasteiger partial charge in [0, 0.05) is 24.9 Å². The molecule has 0 saturated carbocycles. The molecule has 1 aromatic carbocycles. The molecule has 4 aromatic rings. The lowest BCUT2D eigenvalue weighted by Gasteiger charge is -2.11. The third-order valence-corrected chi connectivity index (χ3v) is 5.41. The summed E-state index contributed by atoms with van der Waals surface area (Å²) in [7, 11) is 1.95. The van der Waals surface area contributed by atoms with Crippen LogP contribution in [-0.2, 0) is 13.6 Å². The average Bonchev–Trinajstić information content (AvgIpc) is 3.45. The van der Waals surface area contributed by atoms with Crippen LogP contribution in [0.5, 0.6) is 0 Å². The zero-order valence-electron chi connectivity index (χ0n) is 15.8. The van der Waals surface area contributed by atoms with Crippen molar-refractivity contribution in [3.63, 3.8) is 0 Å². The van der Waals surface area contributed by atoms with Gasteiger partial charge in [0.15, 0.2) is 5.16 Å². The maximum atomic E-state index is 5.50. The highest BCUT2D eigenvalue weighted by atomic mass is 32.2. The lowest BCUT2D eigenvalue weighted by Crippen LogP contribution is -2.04. The van der Waals surface area contributed by atoms with Crippen molar-refractivity contribution < 1.29 is 4.42 Å². The molecule has 3 aromatic heterocycles. The number of thioether (sulfide) groups is 1. The summed E-state index contributed by atoms with van der Waals surface area (Å²) in [5.41, 5.74) is 4.28. The van der Waals surface area contributed by atoms with Crippen molar-refractivity contribution in [1.82, 2.24) is 24.3 Å². The molecule has 0 unspecified atom stereocenters. The molecule has 0 bridgehead atoms. The SMILES string of the molecule is C/C(=C\c1ccco1)c1c(-c2ccccc2)ncn1CCSc1nncn1C. The molecular formula is C21H21N5OS. The minimum absolute atomic E-state index is 0.816. The average molecular weight is 392 g/mol. The van der Waals surface area contributed by atoms with Gasteiger partial charge in [-0.25, -0.2) is 4.98 Å². The topological polar surface area (TPSA) is 61.7 Å². The van der Waals surface area contributed by atoms with Gasteiger partial charge >= 0.3 is 0 Å². The van der Waals surface area contributed by atoms with E-state index in [0.717, 1.165) is 45.7 Å². The number of furan rings is 1. The van der Waals surface area contributed by atoms with Crippen LogP contribution in [0.25, 0.3) is 22.9 Å². The van der Waals surface area contributed by atoms with E-state index in [2.05, 4.69) is 39.9 Å². The second-order valence-corrected chi connectivity index (χ2v) is 7.48. The second-order valence-electron chi connectivity index (χ2n) is 6.42. The molecule has 0 radical (unpaired) electrons. The Hall–Kier alpha value is -3.06. The molecule has 4 rings (SSSR count). The predicted molar refractivity (Wildman–Crippen MR) is 112 cm³/mol. The van der Waals surface area contributed by atoms with E-state index in [1.807, 2.05) is 48.3 Å². The van der Waals surface area contributed by atoms with Crippen LogP contribution in [0.3, 0.4) is 0 Å². The van der Waals surface area contributed by atoms with Gasteiger partial charge in [0.05, 0.1) is 24.0 Å². The third-order valence-electron chi connectivity index (χ3n) is 4.39. The van der Waals surface area contributed by atoms with E-state index < -0.39 is 0 Å². The van der Waals surface area contributed by atoms with E-state index in [1.165, 1.54) is 0 Å². The van der Waals surface area contributed by atoms with Gasteiger partial charge in [0.25, 0.3) is 0 Å². The molecule has 0 saturated heterocycles. The normalized spacial score (nSPS) is 11.9. The van der Waals surface area contributed by atoms with Crippen LogP contribution in [0.4, 0.5) is 0 Å². The molecule has 28 heavy (non-hydrogen) atoms. The Labute approximate surface area is 167 Å². The van der Waals surface area contributed by atoms with Gasteiger partial charge in [-0.15, -0.1) is 10.2 Å². The summed E-state index contributed by atoms with van der Waals surface area (Å²) in [4.78, 5) is 4.72. The first-order chi connectivity index (χ1) is 13.7. The van der Waals surface area contributed by atoms with E-state index in [-0.39, 0.29) is 0 Å². The standard InChI is InChI=1S/C21H21N5OS/c1-16(13-18-9-6-11-27-18)20-19(17-7-4-3-5-8-17)22-14-26(20)10-12-28-21-24-23-15-25(21)2/h3-9,11,13-15H,10,12H2,1-2H3/b16-13+. The molecule has 0 N–H and O–H groups in total. The Morgan fingerprint density at radius 3 is 2.71 bits per heavy atom. The molecule has 0 aliphatic carbocycles. The summed E-state index contributed by atoms with van der Waals surface area (Å²) >= 11 is 1.68. The van der Waals surface area contributed by atoms with Crippen molar-refractivity contribution >= 4 is 23.4 Å². The van der Waals surface area contributed by atoms with Gasteiger partial charge in [-0.1, -0.05) is 42.1 Å². The summed E-state index contributed by atoms with van der Waals surface area (Å²) in [6.07, 6.45) is 7.37. The molecule has 0 fully saturated rings. The van der Waals surface area contributed by atoms with Crippen molar-refractivity contribution in [3.05, 3.63) is 72.8 Å². The Balaban J connectivity index is 1.64. The molecule has 7 heteroatoms. The number of aromatic nitrogens is 5. The molecule has 0 spiro atoms. The fraction of sp³-hybridized carbons (Fsp3) is 0.190. The zero-order chi connectivity index (χ0) is 19.3. The maximum Gasteiger partial charge on any atom is 0.190 e. The molecule has 142 valence electrons. The highest BCUT2D eigenvalue weighted by molar-refractivity contribution is 7.99. The quantitative estimate of drug-likeness (QED) is 0.430. The fourth-order valence-corrected chi connectivity index (χ4v) is 3.89. The van der Waals surface area contributed by atoms with Crippen molar-refractivity contribution in [3.8, 4) is 11.3 Å². The molecular weight excluding hydrogens is 370 g/mol. The van der Waals surface area contributed by atoms with Gasteiger partial charge < -0.3 is 13.6 Å². The number of nitrogens with zero attached hydrogens (tertiary/aromatic N) is 5. The highest BCUT2D eigenvalue weighted by Gasteiger charge is 2.15. The number of benzene rings is 1. The van der Waals surface area contributed by atoms with Crippen molar-refractivity contribution in [2.75, 3.05) is 5.75 Å². The molecule has 6 nitrogen and oxygen atoms in total. The minimum Gasteiger partial charge on any atom is -0.465 e. The Morgan fingerprint density at radius 2 is 2.00 bits per heavy atom. The van der Waals surface area contributed by atoms with E-state index in [1.54, 1.807) is 24.4 Å². The van der Waals surface area contributed by atoms with Crippen molar-refractivity contribution in [1.29, 1.82) is 0 Å². The van der Waals surface area contributed by atoms with Gasteiger partial charge in [0.1, 0.15) is 12.1 Å². The van der Waals surface area contributed by atoms with Gasteiger partial charge in [-0.2, -0.15) is 0 Å². The molecule has 0 atom stereocenters. The predicted octanol–water partition coefficient (Wildman–Crippen LogP) is 4.62. The molecule has 0 aliphatic rings. The molecule has 0 aliphatic heterocycles. The van der Waals surface area contributed by atoms with Gasteiger partial charge in [-0.05, 0) is 30.7 Å². The Morgan fingerprint density at radius 1 is 1.14 bits per heavy atom. The van der Waals surface area contributed by atoms with Crippen LogP contribution in [-0.4, -0.2) is 30.1 Å². The third kappa shape index (κ3) is 3.94. The van der Waals surface area contributed by atoms with E-state index in [9.17, 15) is 0 Å².